The monoisotopic (exact) mass is 219 g/mol. The number of hydrogen-bond acceptors (Lipinski definition) is 2. The number of fused-ring (bicyclic) bond motifs is 5. The molecule has 0 amide bonds. The first kappa shape index (κ1) is 8.70. The fraction of sp³-hybridized carbons (Fsp3) is 0. The van der Waals surface area contributed by atoms with E-state index in [1.54, 1.807) is 0 Å². The zero-order valence-corrected chi connectivity index (χ0v) is 9.01. The van der Waals surface area contributed by atoms with Crippen molar-refractivity contribution in [2.45, 2.75) is 0 Å². The van der Waals surface area contributed by atoms with Gasteiger partial charge in [-0.2, -0.15) is 5.10 Å². The van der Waals surface area contributed by atoms with Crippen LogP contribution >= 0.6 is 0 Å². The van der Waals surface area contributed by atoms with Crippen molar-refractivity contribution in [3.63, 3.8) is 0 Å². The van der Waals surface area contributed by atoms with Gasteiger partial charge in [-0.3, -0.25) is 10.1 Å². The molecule has 0 aliphatic heterocycles. The lowest BCUT2D eigenvalue weighted by molar-refractivity contribution is 1.12. The quantitative estimate of drug-likeness (QED) is 0.461. The van der Waals surface area contributed by atoms with Crippen LogP contribution in [0, 0.1) is 0 Å². The van der Waals surface area contributed by atoms with E-state index in [-0.39, 0.29) is 0 Å². The number of pyridine rings is 1. The first-order chi connectivity index (χ1) is 8.43. The molecule has 0 radical (unpaired) electrons. The number of nitrogens with zero attached hydrogens (tertiary/aromatic N) is 2. The Morgan fingerprint density at radius 2 is 1.82 bits per heavy atom. The largest absolute Gasteiger partial charge is 0.277 e. The van der Waals surface area contributed by atoms with E-state index >= 15 is 0 Å². The van der Waals surface area contributed by atoms with Crippen molar-refractivity contribution in [3.8, 4) is 0 Å². The van der Waals surface area contributed by atoms with Gasteiger partial charge in [0.15, 0.2) is 0 Å². The van der Waals surface area contributed by atoms with Crippen LogP contribution in [0.1, 0.15) is 0 Å². The number of rotatable bonds is 0. The van der Waals surface area contributed by atoms with Crippen LogP contribution in [-0.2, 0) is 0 Å². The van der Waals surface area contributed by atoms with Gasteiger partial charge in [-0.05, 0) is 17.5 Å². The molecule has 0 aliphatic carbocycles. The minimum Gasteiger partial charge on any atom is -0.277 e. The van der Waals surface area contributed by atoms with E-state index in [2.05, 4.69) is 33.4 Å². The molecule has 0 spiro atoms. The lowest BCUT2D eigenvalue weighted by Gasteiger charge is -2.03. The summed E-state index contributed by atoms with van der Waals surface area (Å²) >= 11 is 0. The minimum atomic E-state index is 1.00. The predicted octanol–water partition coefficient (Wildman–Crippen LogP) is 3.26. The van der Waals surface area contributed by atoms with E-state index in [4.69, 9.17) is 0 Å². The number of H-pyrrole nitrogens is 1. The molecule has 1 N–H and O–H groups in total. The molecule has 0 atom stereocenters. The Labute approximate surface area is 97.1 Å². The van der Waals surface area contributed by atoms with Gasteiger partial charge in [-0.25, -0.2) is 0 Å². The third-order valence-electron chi connectivity index (χ3n) is 3.17. The Morgan fingerprint density at radius 1 is 0.882 bits per heavy atom. The second-order valence-electron chi connectivity index (χ2n) is 4.14. The molecule has 0 saturated carbocycles. The summed E-state index contributed by atoms with van der Waals surface area (Å²) in [6.07, 6.45) is 3.76. The molecule has 3 nitrogen and oxygen atoms in total. The second-order valence-corrected chi connectivity index (χ2v) is 4.14. The number of hydrogen-bond donors (Lipinski definition) is 1. The standard InChI is InChI=1S/C14H9N3/c1-2-4-11-9(3-1)7-15-12-6-5-10-8-16-17-14(10)13(11)12/h1-8H,(H,16,17). The zero-order chi connectivity index (χ0) is 11.2. The lowest BCUT2D eigenvalue weighted by Crippen LogP contribution is -1.83. The number of nitrogens with one attached hydrogen (secondary N) is 1. The normalized spacial score (nSPS) is 11.5. The molecule has 0 bridgehead atoms. The first-order valence-corrected chi connectivity index (χ1v) is 5.53. The van der Waals surface area contributed by atoms with Crippen molar-refractivity contribution < 1.29 is 0 Å². The van der Waals surface area contributed by atoms with Crippen LogP contribution in [0.15, 0.2) is 48.8 Å². The minimum absolute atomic E-state index is 1.00. The summed E-state index contributed by atoms with van der Waals surface area (Å²) < 4.78 is 0. The Morgan fingerprint density at radius 3 is 2.82 bits per heavy atom. The summed E-state index contributed by atoms with van der Waals surface area (Å²) in [4.78, 5) is 4.49. The van der Waals surface area contributed by atoms with Gasteiger partial charge in [0, 0.05) is 22.4 Å². The van der Waals surface area contributed by atoms with Crippen molar-refractivity contribution in [1.82, 2.24) is 15.2 Å². The predicted molar refractivity (Wildman–Crippen MR) is 68.9 cm³/mol. The Bertz CT molecular complexity index is 846. The van der Waals surface area contributed by atoms with E-state index in [0.29, 0.717) is 0 Å². The van der Waals surface area contributed by atoms with Crippen LogP contribution in [0.4, 0.5) is 0 Å². The summed E-state index contributed by atoms with van der Waals surface area (Å²) in [7, 11) is 0. The van der Waals surface area contributed by atoms with Crippen LogP contribution < -0.4 is 0 Å². The molecule has 0 saturated heterocycles. The molecule has 0 fully saturated rings. The average molecular weight is 219 g/mol. The lowest BCUT2D eigenvalue weighted by atomic mass is 10.0. The highest BCUT2D eigenvalue weighted by atomic mass is 15.1. The van der Waals surface area contributed by atoms with Crippen LogP contribution in [0.25, 0.3) is 32.6 Å². The van der Waals surface area contributed by atoms with Crippen LogP contribution in [-0.4, -0.2) is 15.2 Å². The first-order valence-electron chi connectivity index (χ1n) is 5.53. The summed E-state index contributed by atoms with van der Waals surface area (Å²) in [5.41, 5.74) is 2.06. The van der Waals surface area contributed by atoms with Crippen molar-refractivity contribution in [2.75, 3.05) is 0 Å². The maximum absolute atomic E-state index is 4.49. The smallest absolute Gasteiger partial charge is 0.0750 e. The highest BCUT2D eigenvalue weighted by molar-refractivity contribution is 6.17. The molecule has 2 aromatic heterocycles. The van der Waals surface area contributed by atoms with E-state index in [1.165, 1.54) is 5.39 Å². The molecule has 2 aromatic carbocycles. The van der Waals surface area contributed by atoms with Gasteiger partial charge in [0.2, 0.25) is 0 Å². The second kappa shape index (κ2) is 3.04. The Kier molecular flexibility index (Phi) is 1.56. The van der Waals surface area contributed by atoms with Crippen LogP contribution in [0.2, 0.25) is 0 Å². The number of aromatic amines is 1. The summed E-state index contributed by atoms with van der Waals surface area (Å²) in [6.45, 7) is 0. The van der Waals surface area contributed by atoms with E-state index < -0.39 is 0 Å². The molecule has 3 heteroatoms. The SMILES string of the molecule is c1ccc2c(c1)cnc1ccc3cn[nH]c3c12. The van der Waals surface area contributed by atoms with Crippen LogP contribution in [0.5, 0.6) is 0 Å². The summed E-state index contributed by atoms with van der Waals surface area (Å²) in [6, 6.07) is 12.4. The fourth-order valence-corrected chi connectivity index (χ4v) is 2.36. The number of aromatic nitrogens is 3. The van der Waals surface area contributed by atoms with Crippen LogP contribution in [0.3, 0.4) is 0 Å². The highest BCUT2D eigenvalue weighted by Crippen LogP contribution is 2.28. The molecule has 80 valence electrons. The summed E-state index contributed by atoms with van der Waals surface area (Å²) in [5, 5.41) is 11.8. The Balaban J connectivity index is 2.41. The topological polar surface area (TPSA) is 41.6 Å². The molecule has 17 heavy (non-hydrogen) atoms. The van der Waals surface area contributed by atoms with E-state index in [9.17, 15) is 0 Å². The number of benzene rings is 2. The molecule has 0 unspecified atom stereocenters. The van der Waals surface area contributed by atoms with Gasteiger partial charge in [-0.1, -0.05) is 24.3 Å². The third-order valence-corrected chi connectivity index (χ3v) is 3.17. The highest BCUT2D eigenvalue weighted by Gasteiger charge is 2.06. The van der Waals surface area contributed by atoms with Crippen molar-refractivity contribution >= 4 is 32.6 Å². The van der Waals surface area contributed by atoms with Crippen molar-refractivity contribution in [1.29, 1.82) is 0 Å². The van der Waals surface area contributed by atoms with Gasteiger partial charge in [-0.15, -0.1) is 0 Å². The molecule has 2 heterocycles. The van der Waals surface area contributed by atoms with Gasteiger partial charge < -0.3 is 0 Å². The molecular weight excluding hydrogens is 210 g/mol. The molecule has 0 aliphatic rings. The maximum Gasteiger partial charge on any atom is 0.0750 e. The van der Waals surface area contributed by atoms with E-state index in [0.717, 1.165) is 27.2 Å². The van der Waals surface area contributed by atoms with Gasteiger partial charge >= 0.3 is 0 Å². The summed E-state index contributed by atoms with van der Waals surface area (Å²) in [5.74, 6) is 0. The maximum atomic E-state index is 4.49. The molecule has 4 aromatic rings. The molecular formula is C14H9N3. The van der Waals surface area contributed by atoms with Gasteiger partial charge in [0.25, 0.3) is 0 Å². The Hall–Kier alpha value is -2.42. The fourth-order valence-electron chi connectivity index (χ4n) is 2.36. The van der Waals surface area contributed by atoms with Gasteiger partial charge in [0.05, 0.1) is 17.2 Å². The average Bonchev–Trinajstić information content (AvgIpc) is 2.86. The zero-order valence-electron chi connectivity index (χ0n) is 9.01. The van der Waals surface area contributed by atoms with Crippen molar-refractivity contribution in [2.24, 2.45) is 0 Å². The van der Waals surface area contributed by atoms with Gasteiger partial charge in [0.1, 0.15) is 0 Å². The van der Waals surface area contributed by atoms with Crippen molar-refractivity contribution in [3.05, 3.63) is 48.8 Å². The third kappa shape index (κ3) is 1.11. The van der Waals surface area contributed by atoms with E-state index in [1.807, 2.05) is 30.6 Å². The molecule has 4 rings (SSSR count).